The SMILES string of the molecule is COc1ccc(CN2C(=O)c3cccc(=O)n3CC2C)cc1.NC=O. The largest absolute Gasteiger partial charge is 0.497 e. The Bertz CT molecular complexity index is 799. The third kappa shape index (κ3) is 4.06. The van der Waals surface area contributed by atoms with Crippen LogP contribution in [0.25, 0.3) is 0 Å². The number of aromatic nitrogens is 1. The monoisotopic (exact) mass is 343 g/mol. The van der Waals surface area contributed by atoms with Crippen molar-refractivity contribution in [1.82, 2.24) is 9.47 Å². The average Bonchev–Trinajstić information content (AvgIpc) is 2.61. The molecule has 1 atom stereocenters. The Morgan fingerprint density at radius 2 is 1.84 bits per heavy atom. The third-order valence-corrected chi connectivity index (χ3v) is 4.02. The van der Waals surface area contributed by atoms with Crippen LogP contribution >= 0.6 is 0 Å². The minimum atomic E-state index is -0.123. The van der Waals surface area contributed by atoms with Gasteiger partial charge in [0, 0.05) is 25.2 Å². The van der Waals surface area contributed by atoms with Gasteiger partial charge in [0.15, 0.2) is 0 Å². The van der Waals surface area contributed by atoms with Crippen LogP contribution < -0.4 is 16.0 Å². The number of nitrogens with zero attached hydrogens (tertiary/aromatic N) is 2. The van der Waals surface area contributed by atoms with Gasteiger partial charge in [-0.15, -0.1) is 0 Å². The molecule has 0 fully saturated rings. The number of rotatable bonds is 3. The second kappa shape index (κ2) is 8.14. The fourth-order valence-electron chi connectivity index (χ4n) is 2.76. The molecule has 132 valence electrons. The minimum Gasteiger partial charge on any atom is -0.497 e. The van der Waals surface area contributed by atoms with Crippen molar-refractivity contribution in [2.75, 3.05) is 7.11 Å². The summed E-state index contributed by atoms with van der Waals surface area (Å²) >= 11 is 0. The van der Waals surface area contributed by atoms with E-state index in [0.29, 0.717) is 18.8 Å². The molecule has 0 radical (unpaired) electrons. The van der Waals surface area contributed by atoms with Crippen molar-refractivity contribution in [2.24, 2.45) is 5.73 Å². The lowest BCUT2D eigenvalue weighted by Gasteiger charge is -2.35. The van der Waals surface area contributed by atoms with Crippen LogP contribution in [0.4, 0.5) is 0 Å². The molecule has 7 heteroatoms. The van der Waals surface area contributed by atoms with Gasteiger partial charge < -0.3 is 19.9 Å². The van der Waals surface area contributed by atoms with Crippen molar-refractivity contribution < 1.29 is 14.3 Å². The summed E-state index contributed by atoms with van der Waals surface area (Å²) in [4.78, 5) is 34.9. The molecular weight excluding hydrogens is 322 g/mol. The fourth-order valence-corrected chi connectivity index (χ4v) is 2.76. The number of primary amides is 1. The van der Waals surface area contributed by atoms with E-state index in [0.717, 1.165) is 11.3 Å². The molecule has 0 saturated carbocycles. The zero-order chi connectivity index (χ0) is 18.4. The molecule has 1 aromatic carbocycles. The predicted octanol–water partition coefficient (Wildman–Crippen LogP) is 1.00. The van der Waals surface area contributed by atoms with Crippen LogP contribution in [0.1, 0.15) is 23.0 Å². The number of pyridine rings is 1. The first-order valence-electron chi connectivity index (χ1n) is 7.81. The molecule has 2 amide bonds. The van der Waals surface area contributed by atoms with Crippen LogP contribution in [-0.4, -0.2) is 34.9 Å². The number of ether oxygens (including phenoxy) is 1. The molecule has 1 aliphatic heterocycles. The van der Waals surface area contributed by atoms with Gasteiger partial charge >= 0.3 is 0 Å². The van der Waals surface area contributed by atoms with E-state index in [-0.39, 0.29) is 23.9 Å². The number of benzene rings is 1. The highest BCUT2D eigenvalue weighted by Gasteiger charge is 2.29. The van der Waals surface area contributed by atoms with Gasteiger partial charge in [0.05, 0.1) is 7.11 Å². The summed E-state index contributed by atoms with van der Waals surface area (Å²) in [5.41, 5.74) is 5.54. The van der Waals surface area contributed by atoms with E-state index < -0.39 is 0 Å². The molecule has 0 aliphatic carbocycles. The van der Waals surface area contributed by atoms with E-state index in [4.69, 9.17) is 9.53 Å². The molecule has 0 saturated heterocycles. The molecule has 2 N–H and O–H groups in total. The maximum Gasteiger partial charge on any atom is 0.271 e. The third-order valence-electron chi connectivity index (χ3n) is 4.02. The number of nitrogens with two attached hydrogens (primary N) is 1. The van der Waals surface area contributed by atoms with Crippen LogP contribution in [0.3, 0.4) is 0 Å². The summed E-state index contributed by atoms with van der Waals surface area (Å²) in [6.45, 7) is 3.01. The first-order valence-corrected chi connectivity index (χ1v) is 7.81. The summed E-state index contributed by atoms with van der Waals surface area (Å²) in [7, 11) is 1.62. The van der Waals surface area contributed by atoms with Gasteiger partial charge in [-0.05, 0) is 30.7 Å². The van der Waals surface area contributed by atoms with E-state index in [2.05, 4.69) is 5.73 Å². The highest BCUT2D eigenvalue weighted by molar-refractivity contribution is 5.93. The Morgan fingerprint density at radius 3 is 2.44 bits per heavy atom. The van der Waals surface area contributed by atoms with E-state index in [1.54, 1.807) is 28.7 Å². The van der Waals surface area contributed by atoms with Gasteiger partial charge in [-0.25, -0.2) is 0 Å². The van der Waals surface area contributed by atoms with Crippen molar-refractivity contribution in [1.29, 1.82) is 0 Å². The standard InChI is InChI=1S/C17H18N2O3.CH3NO/c1-12-10-19-15(4-3-5-16(19)20)17(21)18(12)11-13-6-8-14(22-2)9-7-13;2-1-3/h3-9,12H,10-11H2,1-2H3;1H,(H2,2,3). The lowest BCUT2D eigenvalue weighted by atomic mass is 10.1. The van der Waals surface area contributed by atoms with Crippen LogP contribution in [0.15, 0.2) is 47.3 Å². The smallest absolute Gasteiger partial charge is 0.271 e. The summed E-state index contributed by atoms with van der Waals surface area (Å²) in [6, 6.07) is 12.5. The fraction of sp³-hybridized carbons (Fsp3) is 0.278. The zero-order valence-corrected chi connectivity index (χ0v) is 14.2. The van der Waals surface area contributed by atoms with Crippen molar-refractivity contribution in [3.8, 4) is 5.75 Å². The minimum absolute atomic E-state index is 0.0257. The van der Waals surface area contributed by atoms with Gasteiger partial charge in [-0.1, -0.05) is 18.2 Å². The van der Waals surface area contributed by atoms with Gasteiger partial charge in [-0.3, -0.25) is 14.4 Å². The molecule has 2 aromatic rings. The van der Waals surface area contributed by atoms with Crippen LogP contribution in [-0.2, 0) is 17.9 Å². The molecule has 3 rings (SSSR count). The number of amides is 2. The average molecular weight is 343 g/mol. The number of hydrogen-bond donors (Lipinski definition) is 1. The number of hydrogen-bond acceptors (Lipinski definition) is 4. The van der Waals surface area contributed by atoms with Gasteiger partial charge in [0.2, 0.25) is 6.41 Å². The number of carbonyl (C=O) groups is 2. The van der Waals surface area contributed by atoms with Gasteiger partial charge in [0.1, 0.15) is 11.4 Å². The van der Waals surface area contributed by atoms with E-state index in [1.165, 1.54) is 6.07 Å². The molecule has 7 nitrogen and oxygen atoms in total. The molecule has 1 unspecified atom stereocenters. The Balaban J connectivity index is 0.000000701. The normalized spacial score (nSPS) is 15.7. The molecule has 1 aliphatic rings. The molecule has 0 spiro atoms. The maximum atomic E-state index is 12.6. The quantitative estimate of drug-likeness (QED) is 0.841. The highest BCUT2D eigenvalue weighted by atomic mass is 16.5. The Kier molecular flexibility index (Phi) is 5.94. The van der Waals surface area contributed by atoms with Crippen LogP contribution in [0, 0.1) is 0 Å². The summed E-state index contributed by atoms with van der Waals surface area (Å²) in [6.07, 6.45) is 0.250. The summed E-state index contributed by atoms with van der Waals surface area (Å²) in [5.74, 6) is 0.686. The lowest BCUT2D eigenvalue weighted by Crippen LogP contribution is -2.49. The number of methoxy groups -OCH3 is 1. The summed E-state index contributed by atoms with van der Waals surface area (Å²) < 4.78 is 6.70. The predicted molar refractivity (Wildman–Crippen MR) is 93.3 cm³/mol. The second-order valence-corrected chi connectivity index (χ2v) is 5.63. The summed E-state index contributed by atoms with van der Waals surface area (Å²) in [5, 5.41) is 0. The maximum absolute atomic E-state index is 12.6. The number of fused-ring (bicyclic) bond motifs is 1. The van der Waals surface area contributed by atoms with Crippen molar-refractivity contribution in [3.63, 3.8) is 0 Å². The van der Waals surface area contributed by atoms with E-state index in [9.17, 15) is 9.59 Å². The topological polar surface area (TPSA) is 94.6 Å². The first-order chi connectivity index (χ1) is 12.0. The molecule has 25 heavy (non-hydrogen) atoms. The highest BCUT2D eigenvalue weighted by Crippen LogP contribution is 2.20. The van der Waals surface area contributed by atoms with Gasteiger partial charge in [-0.2, -0.15) is 0 Å². The molecule has 0 bridgehead atoms. The van der Waals surface area contributed by atoms with Crippen molar-refractivity contribution in [3.05, 3.63) is 64.1 Å². The van der Waals surface area contributed by atoms with Gasteiger partial charge in [0.25, 0.3) is 11.5 Å². The second-order valence-electron chi connectivity index (χ2n) is 5.63. The Morgan fingerprint density at radius 1 is 1.20 bits per heavy atom. The van der Waals surface area contributed by atoms with E-state index in [1.807, 2.05) is 31.2 Å². The van der Waals surface area contributed by atoms with Crippen molar-refractivity contribution in [2.45, 2.75) is 26.1 Å². The lowest BCUT2D eigenvalue weighted by molar-refractivity contribution is -0.106. The molecule has 2 heterocycles. The molecular formula is C18H21N3O4. The number of carbonyl (C=O) groups excluding carboxylic acids is 2. The van der Waals surface area contributed by atoms with E-state index >= 15 is 0 Å². The first kappa shape index (κ1) is 18.3. The Hall–Kier alpha value is -3.09. The Labute approximate surface area is 145 Å². The zero-order valence-electron chi connectivity index (χ0n) is 14.2. The molecule has 1 aromatic heterocycles. The van der Waals surface area contributed by atoms with Crippen molar-refractivity contribution >= 4 is 12.3 Å². The van der Waals surface area contributed by atoms with Crippen LogP contribution in [0.2, 0.25) is 0 Å². The van der Waals surface area contributed by atoms with Crippen LogP contribution in [0.5, 0.6) is 5.75 Å².